The number of esters is 1. The molecular formula is C14H12ClFN2O3. The highest BCUT2D eigenvalue weighted by Crippen LogP contribution is 2.20. The van der Waals surface area contributed by atoms with Gasteiger partial charge in [0.1, 0.15) is 5.82 Å². The van der Waals surface area contributed by atoms with Gasteiger partial charge in [-0.1, -0.05) is 18.5 Å². The quantitative estimate of drug-likeness (QED) is 0.817. The summed E-state index contributed by atoms with van der Waals surface area (Å²) in [5.74, 6) is -1.36. The number of benzene rings is 1. The SMILES string of the molecule is CCc1cn(-c2cc(F)ccc2Cl)nc(C(=O)OC)c1=O. The van der Waals surface area contributed by atoms with Crippen molar-refractivity contribution >= 4 is 17.6 Å². The number of carbonyl (C=O) groups excluding carboxylic acids is 1. The summed E-state index contributed by atoms with van der Waals surface area (Å²) in [6, 6.07) is 3.74. The van der Waals surface area contributed by atoms with Crippen LogP contribution in [-0.2, 0) is 11.2 Å². The van der Waals surface area contributed by atoms with Crippen LogP contribution in [0.15, 0.2) is 29.2 Å². The molecule has 2 aromatic rings. The molecule has 0 N–H and O–H groups in total. The van der Waals surface area contributed by atoms with Crippen molar-refractivity contribution in [3.8, 4) is 5.69 Å². The highest BCUT2D eigenvalue weighted by Gasteiger charge is 2.18. The molecule has 0 aliphatic rings. The van der Waals surface area contributed by atoms with Crippen LogP contribution in [0.5, 0.6) is 0 Å². The van der Waals surface area contributed by atoms with Crippen LogP contribution in [-0.4, -0.2) is 22.9 Å². The monoisotopic (exact) mass is 310 g/mol. The van der Waals surface area contributed by atoms with E-state index in [9.17, 15) is 14.0 Å². The molecule has 0 saturated heterocycles. The number of hydrogen-bond donors (Lipinski definition) is 0. The number of aromatic nitrogens is 2. The van der Waals surface area contributed by atoms with E-state index in [0.717, 1.165) is 7.11 Å². The minimum absolute atomic E-state index is 0.233. The minimum atomic E-state index is -0.850. The number of hydrogen-bond acceptors (Lipinski definition) is 4. The first kappa shape index (κ1) is 15.2. The molecule has 0 amide bonds. The Bertz CT molecular complexity index is 758. The lowest BCUT2D eigenvalue weighted by atomic mass is 10.2. The summed E-state index contributed by atoms with van der Waals surface area (Å²) in [6.07, 6.45) is 1.81. The highest BCUT2D eigenvalue weighted by atomic mass is 35.5. The molecule has 0 bridgehead atoms. The van der Waals surface area contributed by atoms with Crippen molar-refractivity contribution in [3.63, 3.8) is 0 Å². The average molecular weight is 311 g/mol. The lowest BCUT2D eigenvalue weighted by Gasteiger charge is -2.11. The zero-order chi connectivity index (χ0) is 15.6. The van der Waals surface area contributed by atoms with E-state index in [1.807, 2.05) is 0 Å². The normalized spacial score (nSPS) is 10.5. The number of ether oxygens (including phenoxy) is 1. The summed E-state index contributed by atoms with van der Waals surface area (Å²) in [6.45, 7) is 1.76. The number of methoxy groups -OCH3 is 1. The van der Waals surface area contributed by atoms with Crippen LogP contribution in [0.2, 0.25) is 5.02 Å². The maximum absolute atomic E-state index is 13.4. The van der Waals surface area contributed by atoms with Crippen LogP contribution < -0.4 is 5.43 Å². The predicted molar refractivity (Wildman–Crippen MR) is 75.5 cm³/mol. The van der Waals surface area contributed by atoms with E-state index in [1.165, 1.54) is 29.1 Å². The number of aryl methyl sites for hydroxylation is 1. The Kier molecular flexibility index (Phi) is 4.37. The summed E-state index contributed by atoms with van der Waals surface area (Å²) >= 11 is 6.01. The highest BCUT2D eigenvalue weighted by molar-refractivity contribution is 6.32. The van der Waals surface area contributed by atoms with Gasteiger partial charge in [0.05, 0.1) is 17.8 Å². The smallest absolute Gasteiger partial charge is 0.362 e. The van der Waals surface area contributed by atoms with E-state index in [4.69, 9.17) is 11.6 Å². The van der Waals surface area contributed by atoms with Gasteiger partial charge in [0, 0.05) is 17.8 Å². The molecule has 0 fully saturated rings. The first-order valence-electron chi connectivity index (χ1n) is 6.14. The Balaban J connectivity index is 2.72. The van der Waals surface area contributed by atoms with Gasteiger partial charge in [0.15, 0.2) is 0 Å². The number of rotatable bonds is 3. The maximum atomic E-state index is 13.4. The summed E-state index contributed by atoms with van der Waals surface area (Å²) in [5.41, 5.74) is -0.285. The van der Waals surface area contributed by atoms with Crippen molar-refractivity contribution in [1.82, 2.24) is 9.78 Å². The molecule has 0 saturated carbocycles. The molecule has 0 unspecified atom stereocenters. The molecule has 1 heterocycles. The Morgan fingerprint density at radius 2 is 2.19 bits per heavy atom. The number of nitrogens with zero attached hydrogens (tertiary/aromatic N) is 2. The Morgan fingerprint density at radius 1 is 1.48 bits per heavy atom. The van der Waals surface area contributed by atoms with Crippen LogP contribution in [0.25, 0.3) is 5.69 Å². The van der Waals surface area contributed by atoms with E-state index in [1.54, 1.807) is 6.92 Å². The molecule has 0 radical (unpaired) electrons. The zero-order valence-electron chi connectivity index (χ0n) is 11.4. The van der Waals surface area contributed by atoms with Gasteiger partial charge in [-0.3, -0.25) is 4.79 Å². The van der Waals surface area contributed by atoms with Gasteiger partial charge >= 0.3 is 5.97 Å². The summed E-state index contributed by atoms with van der Waals surface area (Å²) in [7, 11) is 1.15. The molecule has 0 aliphatic carbocycles. The van der Waals surface area contributed by atoms with Crippen molar-refractivity contribution in [3.05, 3.63) is 56.7 Å². The average Bonchev–Trinajstić information content (AvgIpc) is 2.49. The molecule has 1 aromatic carbocycles. The van der Waals surface area contributed by atoms with E-state index < -0.39 is 17.2 Å². The Morgan fingerprint density at radius 3 is 2.81 bits per heavy atom. The van der Waals surface area contributed by atoms with E-state index >= 15 is 0 Å². The fraction of sp³-hybridized carbons (Fsp3) is 0.214. The molecule has 0 atom stereocenters. The van der Waals surface area contributed by atoms with Crippen LogP contribution in [0.1, 0.15) is 23.0 Å². The summed E-state index contributed by atoms with van der Waals surface area (Å²) in [4.78, 5) is 23.7. The fourth-order valence-electron chi connectivity index (χ4n) is 1.81. The topological polar surface area (TPSA) is 61.2 Å². The number of halogens is 2. The third-order valence-corrected chi connectivity index (χ3v) is 3.23. The molecule has 7 heteroatoms. The van der Waals surface area contributed by atoms with Crippen molar-refractivity contribution in [2.75, 3.05) is 7.11 Å². The van der Waals surface area contributed by atoms with Gasteiger partial charge < -0.3 is 4.74 Å². The zero-order valence-corrected chi connectivity index (χ0v) is 12.1. The summed E-state index contributed by atoms with van der Waals surface area (Å²) in [5, 5.41) is 4.14. The molecular weight excluding hydrogens is 299 g/mol. The van der Waals surface area contributed by atoms with Gasteiger partial charge in [-0.2, -0.15) is 5.10 Å². The minimum Gasteiger partial charge on any atom is -0.464 e. The fourth-order valence-corrected chi connectivity index (χ4v) is 2.01. The standard InChI is InChI=1S/C14H12ClFN2O3/c1-3-8-7-18(11-6-9(16)4-5-10(11)15)17-12(13(8)19)14(20)21-2/h4-7H,3H2,1-2H3. The molecule has 0 spiro atoms. The van der Waals surface area contributed by atoms with Gasteiger partial charge in [-0.05, 0) is 18.6 Å². The van der Waals surface area contributed by atoms with E-state index in [2.05, 4.69) is 9.84 Å². The molecule has 21 heavy (non-hydrogen) atoms. The Labute approximate surface area is 124 Å². The molecule has 0 aliphatic heterocycles. The van der Waals surface area contributed by atoms with Crippen molar-refractivity contribution < 1.29 is 13.9 Å². The predicted octanol–water partition coefficient (Wildman–Crippen LogP) is 2.37. The molecule has 1 aromatic heterocycles. The second-order valence-electron chi connectivity index (χ2n) is 4.22. The van der Waals surface area contributed by atoms with Crippen molar-refractivity contribution in [1.29, 1.82) is 0 Å². The summed E-state index contributed by atoms with van der Waals surface area (Å²) < 4.78 is 19.1. The third-order valence-electron chi connectivity index (χ3n) is 2.91. The number of carbonyl (C=O) groups is 1. The third kappa shape index (κ3) is 2.95. The second kappa shape index (κ2) is 6.05. The van der Waals surface area contributed by atoms with Crippen LogP contribution in [0, 0.1) is 5.82 Å². The maximum Gasteiger partial charge on any atom is 0.362 e. The van der Waals surface area contributed by atoms with E-state index in [-0.39, 0.29) is 16.4 Å². The molecule has 2 rings (SSSR count). The van der Waals surface area contributed by atoms with Gasteiger partial charge in [0.2, 0.25) is 11.1 Å². The van der Waals surface area contributed by atoms with Crippen LogP contribution >= 0.6 is 11.6 Å². The second-order valence-corrected chi connectivity index (χ2v) is 4.62. The van der Waals surface area contributed by atoms with Crippen LogP contribution in [0.4, 0.5) is 4.39 Å². The lowest BCUT2D eigenvalue weighted by molar-refractivity contribution is 0.0590. The lowest BCUT2D eigenvalue weighted by Crippen LogP contribution is -2.25. The van der Waals surface area contributed by atoms with Gasteiger partial charge in [-0.15, -0.1) is 0 Å². The van der Waals surface area contributed by atoms with Crippen molar-refractivity contribution in [2.45, 2.75) is 13.3 Å². The van der Waals surface area contributed by atoms with Crippen molar-refractivity contribution in [2.24, 2.45) is 0 Å². The van der Waals surface area contributed by atoms with Crippen LogP contribution in [0.3, 0.4) is 0 Å². The van der Waals surface area contributed by atoms with Gasteiger partial charge in [0.25, 0.3) is 0 Å². The molecule has 5 nitrogen and oxygen atoms in total. The first-order chi connectivity index (χ1) is 9.97. The van der Waals surface area contributed by atoms with Gasteiger partial charge in [-0.25, -0.2) is 13.9 Å². The molecule has 110 valence electrons. The first-order valence-corrected chi connectivity index (χ1v) is 6.52. The largest absolute Gasteiger partial charge is 0.464 e. The Hall–Kier alpha value is -2.21. The van der Waals surface area contributed by atoms with E-state index in [0.29, 0.717) is 12.0 Å².